The summed E-state index contributed by atoms with van der Waals surface area (Å²) in [6.07, 6.45) is 13.1. The van der Waals surface area contributed by atoms with Gasteiger partial charge >= 0.3 is 0 Å². The summed E-state index contributed by atoms with van der Waals surface area (Å²) in [5.74, 6) is 1.90. The molecule has 1 heteroatoms. The molecule has 3 rings (SSSR count). The van der Waals surface area contributed by atoms with E-state index < -0.39 is 0 Å². The Morgan fingerprint density at radius 1 is 0.941 bits per heavy atom. The minimum absolute atomic E-state index is 0.392. The zero-order chi connectivity index (χ0) is 12.3. The summed E-state index contributed by atoms with van der Waals surface area (Å²) in [5.41, 5.74) is 0.392. The van der Waals surface area contributed by atoms with E-state index in [2.05, 4.69) is 6.92 Å². The molecule has 0 spiro atoms. The quantitative estimate of drug-likeness (QED) is 0.662. The van der Waals surface area contributed by atoms with Gasteiger partial charge in [-0.1, -0.05) is 33.6 Å². The monoisotopic (exact) mass is 238 g/mol. The Kier molecular flexibility index (Phi) is 4.52. The van der Waals surface area contributed by atoms with Crippen molar-refractivity contribution in [3.05, 3.63) is 0 Å². The molecular weight excluding hydrogens is 208 g/mol. The maximum atomic E-state index is 6.44. The van der Waals surface area contributed by atoms with Gasteiger partial charge in [0.05, 0.1) is 11.7 Å². The van der Waals surface area contributed by atoms with Gasteiger partial charge in [-0.15, -0.1) is 0 Å². The van der Waals surface area contributed by atoms with E-state index in [0.29, 0.717) is 11.7 Å². The standard InChI is InChI=1S/C14H24O.C2H6/c1-11-5-7-13(8-6-11)15-14-9-3-2-4-12(14)10-14;1-2/h11-13H,2-10H2,1H3;1-2H3. The van der Waals surface area contributed by atoms with Crippen molar-refractivity contribution in [2.45, 2.75) is 90.3 Å². The molecule has 0 saturated heterocycles. The van der Waals surface area contributed by atoms with Crippen molar-refractivity contribution >= 4 is 0 Å². The zero-order valence-corrected chi connectivity index (χ0v) is 12.0. The first-order valence-electron chi connectivity index (χ1n) is 7.96. The normalized spacial score (nSPS) is 44.3. The van der Waals surface area contributed by atoms with Crippen LogP contribution in [0.5, 0.6) is 0 Å². The molecule has 3 aliphatic carbocycles. The molecule has 0 radical (unpaired) electrons. The summed E-state index contributed by atoms with van der Waals surface area (Å²) < 4.78 is 6.44. The zero-order valence-electron chi connectivity index (χ0n) is 12.0. The molecule has 0 aromatic rings. The Morgan fingerprint density at radius 2 is 1.65 bits per heavy atom. The number of hydrogen-bond acceptors (Lipinski definition) is 1. The van der Waals surface area contributed by atoms with E-state index in [9.17, 15) is 0 Å². The molecular formula is C16H30O. The Balaban J connectivity index is 0.000000514. The molecule has 0 aromatic carbocycles. The van der Waals surface area contributed by atoms with Crippen LogP contribution in [0.1, 0.15) is 78.6 Å². The third-order valence-corrected chi connectivity index (χ3v) is 4.94. The highest BCUT2D eigenvalue weighted by Gasteiger charge is 2.56. The first kappa shape index (κ1) is 13.4. The van der Waals surface area contributed by atoms with E-state index in [-0.39, 0.29) is 0 Å². The molecule has 2 unspecified atom stereocenters. The molecule has 0 amide bonds. The van der Waals surface area contributed by atoms with Crippen LogP contribution in [0.4, 0.5) is 0 Å². The van der Waals surface area contributed by atoms with Gasteiger partial charge < -0.3 is 4.74 Å². The van der Waals surface area contributed by atoms with Gasteiger partial charge in [0.25, 0.3) is 0 Å². The van der Waals surface area contributed by atoms with Crippen LogP contribution in [-0.2, 0) is 4.74 Å². The summed E-state index contributed by atoms with van der Waals surface area (Å²) in [6.45, 7) is 6.38. The molecule has 17 heavy (non-hydrogen) atoms. The molecule has 3 fully saturated rings. The number of hydrogen-bond donors (Lipinski definition) is 0. The average Bonchev–Trinajstić information content (AvgIpc) is 3.09. The van der Waals surface area contributed by atoms with Crippen LogP contribution in [0.3, 0.4) is 0 Å². The summed E-state index contributed by atoms with van der Waals surface area (Å²) in [5, 5.41) is 0. The first-order valence-corrected chi connectivity index (χ1v) is 7.96. The minimum Gasteiger partial charge on any atom is -0.371 e. The SMILES string of the molecule is CC.CC1CCC(OC23CCCCC2C3)CC1. The van der Waals surface area contributed by atoms with E-state index in [1.54, 1.807) is 0 Å². The summed E-state index contributed by atoms with van der Waals surface area (Å²) >= 11 is 0. The largest absolute Gasteiger partial charge is 0.371 e. The van der Waals surface area contributed by atoms with Gasteiger partial charge in [-0.25, -0.2) is 0 Å². The van der Waals surface area contributed by atoms with Gasteiger partial charge in [-0.3, -0.25) is 0 Å². The first-order chi connectivity index (χ1) is 8.28. The smallest absolute Gasteiger partial charge is 0.0719 e. The van der Waals surface area contributed by atoms with Crippen molar-refractivity contribution in [3.8, 4) is 0 Å². The van der Waals surface area contributed by atoms with Crippen molar-refractivity contribution in [3.63, 3.8) is 0 Å². The van der Waals surface area contributed by atoms with Crippen LogP contribution in [0, 0.1) is 11.8 Å². The maximum Gasteiger partial charge on any atom is 0.0719 e. The van der Waals surface area contributed by atoms with Crippen molar-refractivity contribution < 1.29 is 4.74 Å². The Bertz CT molecular complexity index is 230. The molecule has 0 heterocycles. The van der Waals surface area contributed by atoms with Crippen molar-refractivity contribution in [2.24, 2.45) is 11.8 Å². The molecule has 100 valence electrons. The van der Waals surface area contributed by atoms with Gasteiger partial charge in [0, 0.05) is 0 Å². The highest BCUT2D eigenvalue weighted by atomic mass is 16.5. The summed E-state index contributed by atoms with van der Waals surface area (Å²) in [6, 6.07) is 0. The fraction of sp³-hybridized carbons (Fsp3) is 1.00. The lowest BCUT2D eigenvalue weighted by Gasteiger charge is -2.32. The lowest BCUT2D eigenvalue weighted by atomic mass is 9.88. The topological polar surface area (TPSA) is 9.23 Å². The highest BCUT2D eigenvalue weighted by Crippen LogP contribution is 2.57. The molecule has 1 nitrogen and oxygen atoms in total. The van der Waals surface area contributed by atoms with Gasteiger partial charge in [0.2, 0.25) is 0 Å². The summed E-state index contributed by atoms with van der Waals surface area (Å²) in [4.78, 5) is 0. The van der Waals surface area contributed by atoms with Crippen LogP contribution in [-0.4, -0.2) is 11.7 Å². The van der Waals surface area contributed by atoms with Crippen molar-refractivity contribution in [2.75, 3.05) is 0 Å². The maximum absolute atomic E-state index is 6.44. The van der Waals surface area contributed by atoms with Crippen LogP contribution in [0.25, 0.3) is 0 Å². The Labute approximate surface area is 107 Å². The Hall–Kier alpha value is -0.0400. The molecule has 3 saturated carbocycles. The lowest BCUT2D eigenvalue weighted by molar-refractivity contribution is -0.0703. The van der Waals surface area contributed by atoms with E-state index in [4.69, 9.17) is 4.74 Å². The molecule has 3 aliphatic rings. The second kappa shape index (κ2) is 5.73. The Morgan fingerprint density at radius 3 is 2.29 bits per heavy atom. The average molecular weight is 238 g/mol. The predicted molar refractivity (Wildman–Crippen MR) is 73.2 cm³/mol. The van der Waals surface area contributed by atoms with Gasteiger partial charge in [0.1, 0.15) is 0 Å². The minimum atomic E-state index is 0.392. The predicted octanol–water partition coefficient (Wildman–Crippen LogP) is 4.94. The molecule has 0 N–H and O–H groups in total. The lowest BCUT2D eigenvalue weighted by Crippen LogP contribution is -2.30. The van der Waals surface area contributed by atoms with Crippen molar-refractivity contribution in [1.82, 2.24) is 0 Å². The molecule has 2 atom stereocenters. The van der Waals surface area contributed by atoms with Gasteiger partial charge in [0.15, 0.2) is 0 Å². The van der Waals surface area contributed by atoms with E-state index in [0.717, 1.165) is 11.8 Å². The molecule has 0 bridgehead atoms. The molecule has 0 aliphatic heterocycles. The summed E-state index contributed by atoms with van der Waals surface area (Å²) in [7, 11) is 0. The van der Waals surface area contributed by atoms with E-state index in [1.165, 1.54) is 57.8 Å². The van der Waals surface area contributed by atoms with Gasteiger partial charge in [-0.2, -0.15) is 0 Å². The van der Waals surface area contributed by atoms with E-state index in [1.807, 2.05) is 13.8 Å². The van der Waals surface area contributed by atoms with Crippen LogP contribution < -0.4 is 0 Å². The third-order valence-electron chi connectivity index (χ3n) is 4.94. The van der Waals surface area contributed by atoms with Crippen LogP contribution in [0.15, 0.2) is 0 Å². The fourth-order valence-electron chi connectivity index (χ4n) is 3.73. The van der Waals surface area contributed by atoms with Crippen LogP contribution >= 0.6 is 0 Å². The number of ether oxygens (including phenoxy) is 1. The van der Waals surface area contributed by atoms with Crippen LogP contribution in [0.2, 0.25) is 0 Å². The van der Waals surface area contributed by atoms with Crippen molar-refractivity contribution in [1.29, 1.82) is 0 Å². The number of fused-ring (bicyclic) bond motifs is 1. The highest BCUT2D eigenvalue weighted by molar-refractivity contribution is 5.07. The third kappa shape index (κ3) is 3.05. The van der Waals surface area contributed by atoms with Gasteiger partial charge in [-0.05, 0) is 56.8 Å². The second-order valence-corrected chi connectivity index (χ2v) is 6.21. The number of rotatable bonds is 2. The molecule has 0 aromatic heterocycles. The second-order valence-electron chi connectivity index (χ2n) is 6.21. The van der Waals surface area contributed by atoms with E-state index >= 15 is 0 Å². The fourth-order valence-corrected chi connectivity index (χ4v) is 3.73.